The third-order valence-electron chi connectivity index (χ3n) is 4.38. The highest BCUT2D eigenvalue weighted by atomic mass is 32.2. The molecule has 0 amide bonds. The van der Waals surface area contributed by atoms with Crippen LogP contribution in [0.15, 0.2) is 29.4 Å². The fourth-order valence-electron chi connectivity index (χ4n) is 3.05. The Morgan fingerprint density at radius 3 is 2.85 bits per heavy atom. The summed E-state index contributed by atoms with van der Waals surface area (Å²) in [5.74, 6) is 0.297. The van der Waals surface area contributed by atoms with Gasteiger partial charge in [0.05, 0.1) is 40.1 Å². The van der Waals surface area contributed by atoms with Crippen molar-refractivity contribution in [3.8, 4) is 0 Å². The summed E-state index contributed by atoms with van der Waals surface area (Å²) in [6, 6.07) is 5.90. The molecule has 1 aromatic carbocycles. The Hall–Kier alpha value is -2.75. The quantitative estimate of drug-likeness (QED) is 0.485. The molecule has 0 unspecified atom stereocenters. The van der Waals surface area contributed by atoms with Gasteiger partial charge in [-0.3, -0.25) is 20.2 Å². The van der Waals surface area contributed by atoms with Crippen molar-refractivity contribution in [2.75, 3.05) is 16.9 Å². The molecule has 1 aliphatic heterocycles. The van der Waals surface area contributed by atoms with E-state index in [0.29, 0.717) is 12.1 Å². The van der Waals surface area contributed by atoms with Crippen LogP contribution >= 0.6 is 0 Å². The predicted octanol–water partition coefficient (Wildman–Crippen LogP) is 2.21. The van der Waals surface area contributed by atoms with Gasteiger partial charge < -0.3 is 0 Å². The van der Waals surface area contributed by atoms with Gasteiger partial charge in [0.2, 0.25) is 0 Å². The first-order valence-electron chi connectivity index (χ1n) is 8.06. The maximum absolute atomic E-state index is 11.7. The molecule has 26 heavy (non-hydrogen) atoms. The SMILES string of the molecule is Cc1nn([C@H]2CCS(=O)(=O)C2)c(C)c1/C=N\Nc1cccc([N+](=O)[O-])c1. The molecule has 0 aliphatic carbocycles. The molecule has 0 saturated carbocycles. The third kappa shape index (κ3) is 3.74. The number of rotatable bonds is 5. The van der Waals surface area contributed by atoms with Gasteiger partial charge in [-0.25, -0.2) is 8.42 Å². The first kappa shape index (κ1) is 18.1. The normalized spacial score (nSPS) is 19.1. The Labute approximate surface area is 150 Å². The summed E-state index contributed by atoms with van der Waals surface area (Å²) in [7, 11) is -2.99. The Morgan fingerprint density at radius 2 is 2.19 bits per heavy atom. The highest BCUT2D eigenvalue weighted by Crippen LogP contribution is 2.26. The molecule has 138 valence electrons. The Balaban J connectivity index is 1.77. The lowest BCUT2D eigenvalue weighted by Crippen LogP contribution is -2.14. The smallest absolute Gasteiger partial charge is 0.271 e. The maximum atomic E-state index is 11.7. The van der Waals surface area contributed by atoms with Gasteiger partial charge in [-0.15, -0.1) is 0 Å². The highest BCUT2D eigenvalue weighted by Gasteiger charge is 2.31. The zero-order valence-electron chi connectivity index (χ0n) is 14.4. The zero-order valence-corrected chi connectivity index (χ0v) is 15.2. The number of aryl methyl sites for hydroxylation is 1. The van der Waals surface area contributed by atoms with Gasteiger partial charge in [-0.1, -0.05) is 6.07 Å². The molecule has 2 heterocycles. The summed E-state index contributed by atoms with van der Waals surface area (Å²) in [6.07, 6.45) is 2.16. The molecule has 1 atom stereocenters. The summed E-state index contributed by atoms with van der Waals surface area (Å²) in [4.78, 5) is 10.3. The van der Waals surface area contributed by atoms with Crippen molar-refractivity contribution in [3.63, 3.8) is 0 Å². The third-order valence-corrected chi connectivity index (χ3v) is 6.13. The van der Waals surface area contributed by atoms with E-state index in [4.69, 9.17) is 0 Å². The summed E-state index contributed by atoms with van der Waals surface area (Å²) in [5, 5.41) is 19.4. The van der Waals surface area contributed by atoms with Crippen LogP contribution in [-0.4, -0.2) is 40.8 Å². The van der Waals surface area contributed by atoms with E-state index < -0.39 is 14.8 Å². The molecule has 9 nitrogen and oxygen atoms in total. The van der Waals surface area contributed by atoms with Crippen molar-refractivity contribution in [1.29, 1.82) is 0 Å². The van der Waals surface area contributed by atoms with E-state index in [9.17, 15) is 18.5 Å². The summed E-state index contributed by atoms with van der Waals surface area (Å²) < 4.78 is 25.2. The Kier molecular flexibility index (Phi) is 4.77. The van der Waals surface area contributed by atoms with Crippen molar-refractivity contribution < 1.29 is 13.3 Å². The van der Waals surface area contributed by atoms with Gasteiger partial charge >= 0.3 is 0 Å². The average Bonchev–Trinajstić information content (AvgIpc) is 3.08. The second kappa shape index (κ2) is 6.87. The van der Waals surface area contributed by atoms with Gasteiger partial charge in [0.1, 0.15) is 0 Å². The number of nitro benzene ring substituents is 1. The summed E-state index contributed by atoms with van der Waals surface area (Å²) in [6.45, 7) is 3.71. The maximum Gasteiger partial charge on any atom is 0.271 e. The second-order valence-electron chi connectivity index (χ2n) is 6.26. The van der Waals surface area contributed by atoms with Crippen LogP contribution < -0.4 is 5.43 Å². The molecule has 0 radical (unpaired) electrons. The number of aromatic nitrogens is 2. The number of nitrogens with zero attached hydrogens (tertiary/aromatic N) is 4. The molecule has 0 bridgehead atoms. The number of nitrogens with one attached hydrogen (secondary N) is 1. The van der Waals surface area contributed by atoms with Crippen molar-refractivity contribution in [1.82, 2.24) is 9.78 Å². The molecule has 2 aromatic rings. The average molecular weight is 377 g/mol. The minimum Gasteiger partial charge on any atom is -0.278 e. The van der Waals surface area contributed by atoms with Crippen LogP contribution in [0.4, 0.5) is 11.4 Å². The molecular weight excluding hydrogens is 358 g/mol. The minimum atomic E-state index is -2.99. The Morgan fingerprint density at radius 1 is 1.42 bits per heavy atom. The lowest BCUT2D eigenvalue weighted by atomic mass is 10.2. The first-order chi connectivity index (χ1) is 12.3. The van der Waals surface area contributed by atoms with Crippen molar-refractivity contribution >= 4 is 27.4 Å². The molecule has 1 aromatic heterocycles. The molecule has 3 rings (SSSR count). The van der Waals surface area contributed by atoms with Crippen LogP contribution in [0.3, 0.4) is 0 Å². The number of nitro groups is 1. The lowest BCUT2D eigenvalue weighted by molar-refractivity contribution is -0.384. The first-order valence-corrected chi connectivity index (χ1v) is 9.88. The van der Waals surface area contributed by atoms with Crippen molar-refractivity contribution in [3.05, 3.63) is 51.3 Å². The number of sulfone groups is 1. The van der Waals surface area contributed by atoms with E-state index in [-0.39, 0.29) is 23.2 Å². The van der Waals surface area contributed by atoms with Crippen molar-refractivity contribution in [2.45, 2.75) is 26.3 Å². The van der Waals surface area contributed by atoms with Gasteiger partial charge in [-0.2, -0.15) is 10.2 Å². The highest BCUT2D eigenvalue weighted by molar-refractivity contribution is 7.91. The molecule has 1 saturated heterocycles. The summed E-state index contributed by atoms with van der Waals surface area (Å²) >= 11 is 0. The number of non-ortho nitro benzene ring substituents is 1. The van der Waals surface area contributed by atoms with Gasteiger partial charge in [0.25, 0.3) is 5.69 Å². The van der Waals surface area contributed by atoms with Crippen molar-refractivity contribution in [2.24, 2.45) is 5.10 Å². The van der Waals surface area contributed by atoms with Crippen LogP contribution in [0.5, 0.6) is 0 Å². The number of anilines is 1. The molecule has 1 aliphatic rings. The van der Waals surface area contributed by atoms with Crippen LogP contribution in [0.2, 0.25) is 0 Å². The molecule has 1 N–H and O–H groups in total. The van der Waals surface area contributed by atoms with Gasteiger partial charge in [0.15, 0.2) is 9.84 Å². The molecular formula is C16H19N5O4S. The van der Waals surface area contributed by atoms with E-state index >= 15 is 0 Å². The van der Waals surface area contributed by atoms with Crippen LogP contribution in [0.1, 0.15) is 29.4 Å². The van der Waals surface area contributed by atoms with Crippen LogP contribution in [0.25, 0.3) is 0 Å². The fourth-order valence-corrected chi connectivity index (χ4v) is 4.74. The minimum absolute atomic E-state index is 0.0205. The number of hydrogen-bond donors (Lipinski definition) is 1. The van der Waals surface area contributed by atoms with E-state index in [2.05, 4.69) is 15.6 Å². The lowest BCUT2D eigenvalue weighted by Gasteiger charge is -2.10. The monoisotopic (exact) mass is 377 g/mol. The number of hydrazone groups is 1. The topological polar surface area (TPSA) is 119 Å². The zero-order chi connectivity index (χ0) is 18.9. The van der Waals surface area contributed by atoms with E-state index in [1.54, 1.807) is 23.0 Å². The number of benzene rings is 1. The standard InChI is InChI=1S/C16H19N5O4S/c1-11-16(9-17-18-13-4-3-5-14(8-13)21(22)23)12(2)20(19-11)15-6-7-26(24,25)10-15/h3-5,8-9,15,18H,6-7,10H2,1-2H3/b17-9-/t15-/m0/s1. The fraction of sp³-hybridized carbons (Fsp3) is 0.375. The second-order valence-corrected chi connectivity index (χ2v) is 8.49. The molecule has 1 fully saturated rings. The van der Waals surface area contributed by atoms with Crippen LogP contribution in [0, 0.1) is 24.0 Å². The van der Waals surface area contributed by atoms with E-state index in [0.717, 1.165) is 17.0 Å². The molecule has 0 spiro atoms. The van der Waals surface area contributed by atoms with E-state index in [1.807, 2.05) is 13.8 Å². The largest absolute Gasteiger partial charge is 0.278 e. The predicted molar refractivity (Wildman–Crippen MR) is 98.3 cm³/mol. The van der Waals surface area contributed by atoms with Gasteiger partial charge in [0, 0.05) is 23.4 Å². The number of hydrogen-bond acceptors (Lipinski definition) is 7. The van der Waals surface area contributed by atoms with E-state index in [1.165, 1.54) is 12.1 Å². The Bertz CT molecular complexity index is 981. The van der Waals surface area contributed by atoms with Crippen LogP contribution in [-0.2, 0) is 9.84 Å². The molecule has 10 heteroatoms. The van der Waals surface area contributed by atoms with Gasteiger partial charge in [-0.05, 0) is 26.3 Å². The summed E-state index contributed by atoms with van der Waals surface area (Å²) in [5.41, 5.74) is 5.63.